The van der Waals surface area contributed by atoms with Gasteiger partial charge in [-0.15, -0.1) is 11.8 Å². The van der Waals surface area contributed by atoms with Gasteiger partial charge in [0.2, 0.25) is 0 Å². The van der Waals surface area contributed by atoms with Crippen LogP contribution in [0, 0.1) is 18.6 Å². The van der Waals surface area contributed by atoms with Gasteiger partial charge in [0.25, 0.3) is 0 Å². The molecular weight excluding hydrogens is 264 g/mol. The zero-order valence-corrected chi connectivity index (χ0v) is 11.6. The summed E-state index contributed by atoms with van der Waals surface area (Å²) in [5.41, 5.74) is 7.24. The van der Waals surface area contributed by atoms with Gasteiger partial charge in [0, 0.05) is 10.5 Å². The summed E-state index contributed by atoms with van der Waals surface area (Å²) in [6, 6.07) is 9.95. The normalized spacial score (nSPS) is 12.5. The Kier molecular flexibility index (Phi) is 4.22. The van der Waals surface area contributed by atoms with E-state index in [4.69, 9.17) is 5.73 Å². The number of hydrogen-bond donors (Lipinski definition) is 1. The Balaban J connectivity index is 2.38. The topological polar surface area (TPSA) is 26.0 Å². The summed E-state index contributed by atoms with van der Waals surface area (Å²) in [5, 5.41) is 0. The molecule has 2 aromatic rings. The van der Waals surface area contributed by atoms with Gasteiger partial charge in [0.05, 0.1) is 6.04 Å². The van der Waals surface area contributed by atoms with Crippen molar-refractivity contribution < 1.29 is 8.78 Å². The Morgan fingerprint density at radius 2 is 1.63 bits per heavy atom. The SMILES string of the molecule is CSc1ccc(C(N)c2ccc(C)c(F)c2F)cc1. The molecule has 0 fully saturated rings. The first-order valence-corrected chi connectivity index (χ1v) is 7.11. The fraction of sp³-hybridized carbons (Fsp3) is 0.200. The predicted molar refractivity (Wildman–Crippen MR) is 75.3 cm³/mol. The molecule has 1 unspecified atom stereocenters. The summed E-state index contributed by atoms with van der Waals surface area (Å²) in [6.45, 7) is 1.53. The maximum Gasteiger partial charge on any atom is 0.164 e. The summed E-state index contributed by atoms with van der Waals surface area (Å²) in [4.78, 5) is 1.10. The third-order valence-electron chi connectivity index (χ3n) is 3.12. The Hall–Kier alpha value is -1.39. The molecule has 0 aromatic heterocycles. The van der Waals surface area contributed by atoms with Crippen molar-refractivity contribution in [3.05, 3.63) is 64.7 Å². The van der Waals surface area contributed by atoms with Gasteiger partial charge in [-0.1, -0.05) is 24.3 Å². The van der Waals surface area contributed by atoms with Gasteiger partial charge in [-0.3, -0.25) is 0 Å². The minimum atomic E-state index is -0.860. The highest BCUT2D eigenvalue weighted by molar-refractivity contribution is 7.98. The summed E-state index contributed by atoms with van der Waals surface area (Å²) < 4.78 is 27.4. The molecular formula is C15H15F2NS. The van der Waals surface area contributed by atoms with E-state index in [-0.39, 0.29) is 11.1 Å². The van der Waals surface area contributed by atoms with E-state index in [1.54, 1.807) is 23.9 Å². The molecule has 0 spiro atoms. The molecule has 0 saturated carbocycles. The van der Waals surface area contributed by atoms with E-state index in [0.29, 0.717) is 0 Å². The summed E-state index contributed by atoms with van der Waals surface area (Å²) in [7, 11) is 0. The molecule has 0 heterocycles. The van der Waals surface area contributed by atoms with Crippen molar-refractivity contribution in [3.63, 3.8) is 0 Å². The Morgan fingerprint density at radius 3 is 2.21 bits per heavy atom. The molecule has 0 aliphatic carbocycles. The molecule has 0 bridgehead atoms. The average Bonchev–Trinajstić information content (AvgIpc) is 2.44. The lowest BCUT2D eigenvalue weighted by Gasteiger charge is -2.15. The number of halogens is 2. The van der Waals surface area contributed by atoms with E-state index >= 15 is 0 Å². The summed E-state index contributed by atoms with van der Waals surface area (Å²) >= 11 is 1.62. The van der Waals surface area contributed by atoms with Crippen molar-refractivity contribution in [3.8, 4) is 0 Å². The molecule has 100 valence electrons. The van der Waals surface area contributed by atoms with Crippen LogP contribution in [-0.2, 0) is 0 Å². The largest absolute Gasteiger partial charge is 0.320 e. The maximum atomic E-state index is 13.9. The molecule has 4 heteroatoms. The first-order chi connectivity index (χ1) is 9.04. The van der Waals surface area contributed by atoms with Crippen LogP contribution in [0.1, 0.15) is 22.7 Å². The Bertz CT molecular complexity index is 581. The molecule has 19 heavy (non-hydrogen) atoms. The van der Waals surface area contributed by atoms with Gasteiger partial charge in [0.1, 0.15) is 0 Å². The van der Waals surface area contributed by atoms with E-state index in [1.807, 2.05) is 30.5 Å². The molecule has 1 nitrogen and oxygen atoms in total. The van der Waals surface area contributed by atoms with E-state index in [2.05, 4.69) is 0 Å². The fourth-order valence-electron chi connectivity index (χ4n) is 1.89. The lowest BCUT2D eigenvalue weighted by molar-refractivity contribution is 0.489. The number of benzene rings is 2. The van der Waals surface area contributed by atoms with Crippen molar-refractivity contribution >= 4 is 11.8 Å². The van der Waals surface area contributed by atoms with Crippen LogP contribution in [0.4, 0.5) is 8.78 Å². The average molecular weight is 279 g/mol. The van der Waals surface area contributed by atoms with Gasteiger partial charge >= 0.3 is 0 Å². The lowest BCUT2D eigenvalue weighted by Crippen LogP contribution is -2.14. The molecule has 2 rings (SSSR count). The molecule has 0 radical (unpaired) electrons. The van der Waals surface area contributed by atoms with Crippen LogP contribution in [0.25, 0.3) is 0 Å². The summed E-state index contributed by atoms with van der Waals surface area (Å²) in [6.07, 6.45) is 1.98. The predicted octanol–water partition coefficient (Wildman–Crippen LogP) is 4.04. The van der Waals surface area contributed by atoms with Crippen molar-refractivity contribution in [1.82, 2.24) is 0 Å². The van der Waals surface area contributed by atoms with Crippen molar-refractivity contribution in [2.75, 3.05) is 6.26 Å². The van der Waals surface area contributed by atoms with E-state index in [1.165, 1.54) is 6.92 Å². The highest BCUT2D eigenvalue weighted by Crippen LogP contribution is 2.26. The van der Waals surface area contributed by atoms with Crippen LogP contribution in [-0.4, -0.2) is 6.26 Å². The van der Waals surface area contributed by atoms with Gasteiger partial charge in [-0.05, 0) is 36.4 Å². The number of aryl methyl sites for hydroxylation is 1. The zero-order valence-electron chi connectivity index (χ0n) is 10.8. The second kappa shape index (κ2) is 5.72. The first kappa shape index (κ1) is 14.0. The standard InChI is InChI=1S/C15H15F2NS/c1-9-3-8-12(14(17)13(9)16)15(18)10-4-6-11(19-2)7-5-10/h3-8,15H,18H2,1-2H3. The fourth-order valence-corrected chi connectivity index (χ4v) is 2.30. The molecule has 0 aliphatic heterocycles. The van der Waals surface area contributed by atoms with Crippen LogP contribution >= 0.6 is 11.8 Å². The van der Waals surface area contributed by atoms with Crippen LogP contribution in [0.3, 0.4) is 0 Å². The van der Waals surface area contributed by atoms with Gasteiger partial charge < -0.3 is 5.73 Å². The second-order valence-electron chi connectivity index (χ2n) is 4.35. The number of rotatable bonds is 3. The second-order valence-corrected chi connectivity index (χ2v) is 5.23. The maximum absolute atomic E-state index is 13.9. The molecule has 0 aliphatic rings. The van der Waals surface area contributed by atoms with Crippen molar-refractivity contribution in [1.29, 1.82) is 0 Å². The zero-order chi connectivity index (χ0) is 14.0. The highest BCUT2D eigenvalue weighted by atomic mass is 32.2. The van der Waals surface area contributed by atoms with Gasteiger partial charge in [-0.25, -0.2) is 8.78 Å². The molecule has 0 saturated heterocycles. The Labute approximate surface area is 115 Å². The third-order valence-corrected chi connectivity index (χ3v) is 3.86. The number of nitrogens with two attached hydrogens (primary N) is 1. The lowest BCUT2D eigenvalue weighted by atomic mass is 9.98. The number of thioether (sulfide) groups is 1. The van der Waals surface area contributed by atoms with Gasteiger partial charge in [-0.2, -0.15) is 0 Å². The molecule has 0 amide bonds. The van der Waals surface area contributed by atoms with E-state index in [9.17, 15) is 8.78 Å². The summed E-state index contributed by atoms with van der Waals surface area (Å²) in [5.74, 6) is -1.69. The van der Waals surface area contributed by atoms with Gasteiger partial charge in [0.15, 0.2) is 11.6 Å². The molecule has 2 aromatic carbocycles. The monoisotopic (exact) mass is 279 g/mol. The van der Waals surface area contributed by atoms with E-state index < -0.39 is 17.7 Å². The van der Waals surface area contributed by atoms with Crippen LogP contribution in [0.5, 0.6) is 0 Å². The smallest absolute Gasteiger partial charge is 0.164 e. The van der Waals surface area contributed by atoms with Crippen LogP contribution in [0.15, 0.2) is 41.3 Å². The molecule has 2 N–H and O–H groups in total. The minimum absolute atomic E-state index is 0.181. The quantitative estimate of drug-likeness (QED) is 0.858. The first-order valence-electron chi connectivity index (χ1n) is 5.88. The number of hydrogen-bond acceptors (Lipinski definition) is 2. The van der Waals surface area contributed by atoms with Crippen molar-refractivity contribution in [2.24, 2.45) is 5.73 Å². The van der Waals surface area contributed by atoms with Crippen molar-refractivity contribution in [2.45, 2.75) is 17.9 Å². The van der Waals surface area contributed by atoms with Crippen LogP contribution < -0.4 is 5.73 Å². The highest BCUT2D eigenvalue weighted by Gasteiger charge is 2.17. The van der Waals surface area contributed by atoms with E-state index in [0.717, 1.165) is 10.5 Å². The third kappa shape index (κ3) is 2.80. The minimum Gasteiger partial charge on any atom is -0.320 e. The molecule has 1 atom stereocenters. The Morgan fingerprint density at radius 1 is 1.00 bits per heavy atom. The van der Waals surface area contributed by atoms with Crippen LogP contribution in [0.2, 0.25) is 0 Å².